The molecule has 0 radical (unpaired) electrons. The van der Waals surface area contributed by atoms with E-state index in [4.69, 9.17) is 38.1 Å². The van der Waals surface area contributed by atoms with Crippen LogP contribution in [0.25, 0.3) is 17.0 Å². The van der Waals surface area contributed by atoms with Crippen LogP contribution in [0.2, 0.25) is 5.02 Å². The van der Waals surface area contributed by atoms with Crippen molar-refractivity contribution in [2.45, 2.75) is 46.3 Å². The van der Waals surface area contributed by atoms with E-state index in [1.165, 1.54) is 5.56 Å². The molecule has 0 bridgehead atoms. The summed E-state index contributed by atoms with van der Waals surface area (Å²) in [6.07, 6.45) is 1.04. The molecule has 2 aromatic carbocycles. The van der Waals surface area contributed by atoms with E-state index in [9.17, 15) is 0 Å². The average molecular weight is 497 g/mol. The van der Waals surface area contributed by atoms with Crippen molar-refractivity contribution in [2.75, 3.05) is 13.2 Å². The Bertz CT molecular complexity index is 1170. The van der Waals surface area contributed by atoms with Gasteiger partial charge in [-0.2, -0.15) is 4.98 Å². The van der Waals surface area contributed by atoms with Gasteiger partial charge in [0.05, 0.1) is 17.7 Å². The molecule has 178 valence electrons. The number of hydrogen-bond donors (Lipinski definition) is 1. The van der Waals surface area contributed by atoms with E-state index in [-0.39, 0.29) is 12.1 Å². The van der Waals surface area contributed by atoms with Gasteiger partial charge in [-0.05, 0) is 64.0 Å². The zero-order valence-electron chi connectivity index (χ0n) is 19.8. The van der Waals surface area contributed by atoms with Crippen LogP contribution in [-0.2, 0) is 4.74 Å². The second-order valence-corrected chi connectivity index (χ2v) is 9.47. The Morgan fingerprint density at radius 2 is 1.82 bits per heavy atom. The molecular formula is C26H29ClN4O2S. The first-order chi connectivity index (χ1) is 16.3. The Hall–Kier alpha value is -2.74. The lowest BCUT2D eigenvalue weighted by atomic mass is 9.95. The fraction of sp³-hybridized carbons (Fsp3) is 0.346. The number of allylic oxidation sites excluding steroid dienone is 1. The van der Waals surface area contributed by atoms with E-state index in [0.29, 0.717) is 28.5 Å². The van der Waals surface area contributed by atoms with Crippen molar-refractivity contribution < 1.29 is 9.26 Å². The van der Waals surface area contributed by atoms with Gasteiger partial charge in [0.15, 0.2) is 5.11 Å². The average Bonchev–Trinajstić information content (AvgIpc) is 3.28. The number of ether oxygens (including phenoxy) is 1. The van der Waals surface area contributed by atoms with Gasteiger partial charge in [-0.15, -0.1) is 0 Å². The van der Waals surface area contributed by atoms with Crippen LogP contribution in [0, 0.1) is 6.92 Å². The molecule has 1 aliphatic heterocycles. The summed E-state index contributed by atoms with van der Waals surface area (Å²) in [7, 11) is 0. The number of nitrogens with zero attached hydrogens (tertiary/aromatic N) is 3. The number of nitrogens with one attached hydrogen (secondary N) is 1. The highest BCUT2D eigenvalue weighted by Gasteiger charge is 2.33. The molecule has 0 saturated carbocycles. The predicted octanol–water partition coefficient (Wildman–Crippen LogP) is 6.18. The first kappa shape index (κ1) is 24.4. The summed E-state index contributed by atoms with van der Waals surface area (Å²) >= 11 is 11.9. The van der Waals surface area contributed by atoms with Crippen molar-refractivity contribution in [2.24, 2.45) is 0 Å². The molecule has 1 unspecified atom stereocenters. The van der Waals surface area contributed by atoms with Crippen LogP contribution in [0.5, 0.6) is 0 Å². The number of benzene rings is 2. The maximum Gasteiger partial charge on any atom is 0.258 e. The standard InChI is InChI=1S/C26H29ClN4O2S/c1-16(2)32-15-5-14-31-18(4)22(23(28-26(31)34)19-10-12-21(27)13-11-19)25-29-24(30-33-25)20-8-6-17(3)7-9-20/h6-13,16,23H,5,14-15H2,1-4H3,(H,28,34). The number of halogens is 1. The van der Waals surface area contributed by atoms with Crippen LogP contribution in [0.15, 0.2) is 58.8 Å². The van der Waals surface area contributed by atoms with Gasteiger partial charge in [-0.25, -0.2) is 0 Å². The van der Waals surface area contributed by atoms with Crippen molar-refractivity contribution in [3.63, 3.8) is 0 Å². The van der Waals surface area contributed by atoms with E-state index in [1.54, 1.807) is 0 Å². The molecule has 1 atom stereocenters. The van der Waals surface area contributed by atoms with Gasteiger partial charge >= 0.3 is 0 Å². The van der Waals surface area contributed by atoms with Crippen molar-refractivity contribution >= 4 is 34.5 Å². The summed E-state index contributed by atoms with van der Waals surface area (Å²) in [5.41, 5.74) is 4.97. The number of rotatable bonds is 8. The molecule has 0 spiro atoms. The lowest BCUT2D eigenvalue weighted by Crippen LogP contribution is -2.46. The first-order valence-corrected chi connectivity index (χ1v) is 12.2. The molecule has 0 saturated heterocycles. The van der Waals surface area contributed by atoms with Gasteiger partial charge in [0.1, 0.15) is 0 Å². The van der Waals surface area contributed by atoms with Crippen LogP contribution in [-0.4, -0.2) is 39.4 Å². The van der Waals surface area contributed by atoms with E-state index >= 15 is 0 Å². The fourth-order valence-electron chi connectivity index (χ4n) is 3.93. The quantitative estimate of drug-likeness (QED) is 0.295. The number of hydrogen-bond acceptors (Lipinski definition) is 5. The van der Waals surface area contributed by atoms with E-state index in [0.717, 1.165) is 35.4 Å². The smallest absolute Gasteiger partial charge is 0.258 e. The minimum atomic E-state index is -0.237. The number of aryl methyl sites for hydroxylation is 1. The van der Waals surface area contributed by atoms with Gasteiger partial charge in [-0.1, -0.05) is 58.7 Å². The normalized spacial score (nSPS) is 16.4. The lowest BCUT2D eigenvalue weighted by molar-refractivity contribution is 0.0749. The summed E-state index contributed by atoms with van der Waals surface area (Å²) in [6, 6.07) is 15.5. The molecule has 34 heavy (non-hydrogen) atoms. The molecule has 0 aliphatic carbocycles. The van der Waals surface area contributed by atoms with Crippen molar-refractivity contribution in [1.29, 1.82) is 0 Å². The van der Waals surface area contributed by atoms with Gasteiger partial charge in [0.2, 0.25) is 5.82 Å². The van der Waals surface area contributed by atoms with Crippen molar-refractivity contribution in [1.82, 2.24) is 20.4 Å². The Morgan fingerprint density at radius 3 is 2.50 bits per heavy atom. The van der Waals surface area contributed by atoms with Crippen LogP contribution >= 0.6 is 23.8 Å². The predicted molar refractivity (Wildman–Crippen MR) is 139 cm³/mol. The van der Waals surface area contributed by atoms with Gasteiger partial charge < -0.3 is 19.5 Å². The van der Waals surface area contributed by atoms with Crippen molar-refractivity contribution in [3.05, 3.63) is 76.3 Å². The summed E-state index contributed by atoms with van der Waals surface area (Å²) < 4.78 is 11.5. The molecule has 6 nitrogen and oxygen atoms in total. The zero-order chi connectivity index (χ0) is 24.2. The third kappa shape index (κ3) is 5.49. The Kier molecular flexibility index (Phi) is 7.66. The van der Waals surface area contributed by atoms with Crippen LogP contribution in [0.3, 0.4) is 0 Å². The molecule has 1 aromatic heterocycles. The first-order valence-electron chi connectivity index (χ1n) is 11.4. The molecule has 0 amide bonds. The molecule has 1 aliphatic rings. The van der Waals surface area contributed by atoms with Crippen LogP contribution in [0.1, 0.15) is 50.3 Å². The maximum atomic E-state index is 6.14. The highest BCUT2D eigenvalue weighted by molar-refractivity contribution is 7.80. The van der Waals surface area contributed by atoms with Gasteiger partial charge in [0.25, 0.3) is 5.89 Å². The second kappa shape index (κ2) is 10.7. The highest BCUT2D eigenvalue weighted by Crippen LogP contribution is 2.37. The topological polar surface area (TPSA) is 63.4 Å². The monoisotopic (exact) mass is 496 g/mol. The van der Waals surface area contributed by atoms with Gasteiger partial charge in [-0.3, -0.25) is 0 Å². The Morgan fingerprint density at radius 1 is 1.12 bits per heavy atom. The summed E-state index contributed by atoms with van der Waals surface area (Å²) in [6.45, 7) is 9.55. The lowest BCUT2D eigenvalue weighted by Gasteiger charge is -2.37. The summed E-state index contributed by atoms with van der Waals surface area (Å²) in [4.78, 5) is 6.84. The number of aromatic nitrogens is 2. The number of thiocarbonyl (C=S) groups is 1. The maximum absolute atomic E-state index is 6.14. The zero-order valence-corrected chi connectivity index (χ0v) is 21.4. The molecule has 8 heteroatoms. The summed E-state index contributed by atoms with van der Waals surface area (Å²) in [5.74, 6) is 1.02. The third-order valence-electron chi connectivity index (χ3n) is 5.74. The molecule has 2 heterocycles. The molecule has 1 N–H and O–H groups in total. The SMILES string of the molecule is CC1=C(c2nc(-c3ccc(C)cc3)no2)C(c2ccc(Cl)cc2)NC(=S)N1CCCOC(C)C. The molecule has 4 rings (SSSR count). The van der Waals surface area contributed by atoms with Crippen molar-refractivity contribution in [3.8, 4) is 11.4 Å². The van der Waals surface area contributed by atoms with E-state index in [2.05, 4.69) is 15.4 Å². The second-order valence-electron chi connectivity index (χ2n) is 8.65. The minimum absolute atomic E-state index is 0.200. The Labute approximate surface area is 210 Å². The molecule has 3 aromatic rings. The minimum Gasteiger partial charge on any atom is -0.379 e. The van der Waals surface area contributed by atoms with E-state index in [1.807, 2.05) is 76.2 Å². The van der Waals surface area contributed by atoms with Crippen LogP contribution in [0.4, 0.5) is 0 Å². The Balaban J connectivity index is 1.70. The third-order valence-corrected chi connectivity index (χ3v) is 6.33. The largest absolute Gasteiger partial charge is 0.379 e. The molecule has 0 fully saturated rings. The summed E-state index contributed by atoms with van der Waals surface area (Å²) in [5, 5.41) is 9.07. The highest BCUT2D eigenvalue weighted by atomic mass is 35.5. The van der Waals surface area contributed by atoms with Gasteiger partial charge in [0, 0.05) is 29.4 Å². The molecular weight excluding hydrogens is 468 g/mol. The van der Waals surface area contributed by atoms with E-state index < -0.39 is 0 Å². The van der Waals surface area contributed by atoms with Crippen LogP contribution < -0.4 is 5.32 Å². The fourth-order valence-corrected chi connectivity index (χ4v) is 4.40.